The number of halogens is 2. The highest BCUT2D eigenvalue weighted by Gasteiger charge is 2.29. The number of esters is 2. The predicted octanol–water partition coefficient (Wildman–Crippen LogP) is 5.18. The molecule has 158 valence electrons. The second kappa shape index (κ2) is 10.1. The topological polar surface area (TPSA) is 61.8 Å². The van der Waals surface area contributed by atoms with Crippen LogP contribution < -0.4 is 4.74 Å². The molecule has 1 aromatic rings. The van der Waals surface area contributed by atoms with E-state index in [0.717, 1.165) is 0 Å². The van der Waals surface area contributed by atoms with Gasteiger partial charge in [-0.15, -0.1) is 0 Å². The van der Waals surface area contributed by atoms with E-state index in [1.165, 1.54) is 18.2 Å². The Bertz CT molecular complexity index is 664. The predicted molar refractivity (Wildman–Crippen MR) is 106 cm³/mol. The molecule has 0 amide bonds. The van der Waals surface area contributed by atoms with Gasteiger partial charge in [-0.05, 0) is 45.7 Å². The van der Waals surface area contributed by atoms with Gasteiger partial charge >= 0.3 is 11.9 Å². The van der Waals surface area contributed by atoms with E-state index >= 15 is 0 Å². The van der Waals surface area contributed by atoms with E-state index in [-0.39, 0.29) is 23.1 Å². The van der Waals surface area contributed by atoms with Gasteiger partial charge in [-0.1, -0.05) is 32.4 Å². The number of rotatable bonds is 8. The van der Waals surface area contributed by atoms with Crippen LogP contribution in [0.1, 0.15) is 54.9 Å². The fourth-order valence-corrected chi connectivity index (χ4v) is 2.82. The lowest BCUT2D eigenvalue weighted by atomic mass is 10.0. The second-order valence-corrected chi connectivity index (χ2v) is 8.70. The van der Waals surface area contributed by atoms with Gasteiger partial charge in [0.15, 0.2) is 0 Å². The van der Waals surface area contributed by atoms with E-state index in [1.54, 1.807) is 34.6 Å². The van der Waals surface area contributed by atoms with Crippen LogP contribution in [0.2, 0.25) is 5.02 Å². The normalized spacial score (nSPS) is 14.9. The maximum atomic E-state index is 13.5. The monoisotopic (exact) mass is 416 g/mol. The molecule has 0 fully saturated rings. The van der Waals surface area contributed by atoms with Crippen LogP contribution in [-0.2, 0) is 19.1 Å². The molecule has 0 spiro atoms. The molecule has 0 radical (unpaired) electrons. The lowest BCUT2D eigenvalue weighted by Crippen LogP contribution is -2.39. The first-order chi connectivity index (χ1) is 12.8. The Hall–Kier alpha value is -1.82. The Kier molecular flexibility index (Phi) is 8.74. The molecule has 0 saturated carbocycles. The number of carbonyl (C=O) groups is 2. The Morgan fingerprint density at radius 1 is 1.11 bits per heavy atom. The average molecular weight is 417 g/mol. The van der Waals surface area contributed by atoms with Gasteiger partial charge in [0.1, 0.15) is 29.4 Å². The molecule has 7 heteroatoms. The van der Waals surface area contributed by atoms with Gasteiger partial charge in [0.05, 0.1) is 12.3 Å². The first kappa shape index (κ1) is 24.2. The second-order valence-electron chi connectivity index (χ2n) is 8.27. The van der Waals surface area contributed by atoms with Gasteiger partial charge in [0.25, 0.3) is 0 Å². The number of ether oxygens (including phenoxy) is 3. The van der Waals surface area contributed by atoms with Crippen LogP contribution in [-0.4, -0.2) is 29.7 Å². The summed E-state index contributed by atoms with van der Waals surface area (Å²) < 4.78 is 30.1. The average Bonchev–Trinajstić information content (AvgIpc) is 2.49. The van der Waals surface area contributed by atoms with Crippen LogP contribution in [0, 0.1) is 17.7 Å². The van der Waals surface area contributed by atoms with Crippen molar-refractivity contribution < 1.29 is 28.2 Å². The number of hydrogen-bond acceptors (Lipinski definition) is 5. The summed E-state index contributed by atoms with van der Waals surface area (Å²) in [5.74, 6) is -1.92. The summed E-state index contributed by atoms with van der Waals surface area (Å²) >= 11 is 5.86. The van der Waals surface area contributed by atoms with E-state index in [4.69, 9.17) is 25.8 Å². The van der Waals surface area contributed by atoms with Crippen molar-refractivity contribution in [3.05, 3.63) is 29.0 Å². The maximum absolute atomic E-state index is 13.5. The van der Waals surface area contributed by atoms with Gasteiger partial charge in [-0.2, -0.15) is 0 Å². The van der Waals surface area contributed by atoms with E-state index in [2.05, 4.69) is 0 Å². The molecule has 0 heterocycles. The first-order valence-corrected chi connectivity index (χ1v) is 9.71. The third kappa shape index (κ3) is 8.46. The van der Waals surface area contributed by atoms with Crippen LogP contribution >= 0.6 is 11.6 Å². The van der Waals surface area contributed by atoms with Gasteiger partial charge < -0.3 is 14.2 Å². The van der Waals surface area contributed by atoms with Crippen molar-refractivity contribution in [3.63, 3.8) is 0 Å². The Morgan fingerprint density at radius 3 is 2.21 bits per heavy atom. The molecule has 1 rings (SSSR count). The molecule has 0 aliphatic rings. The molecule has 0 N–H and O–H groups in total. The minimum absolute atomic E-state index is 0.0222. The third-order valence-electron chi connectivity index (χ3n) is 3.83. The highest BCUT2D eigenvalue weighted by atomic mass is 35.5. The van der Waals surface area contributed by atoms with Crippen LogP contribution in [0.15, 0.2) is 18.2 Å². The molecule has 1 aromatic carbocycles. The molecule has 28 heavy (non-hydrogen) atoms. The van der Waals surface area contributed by atoms with Crippen LogP contribution in [0.3, 0.4) is 0 Å². The lowest BCUT2D eigenvalue weighted by Gasteiger charge is -2.29. The molecule has 0 aliphatic carbocycles. The van der Waals surface area contributed by atoms with E-state index in [1.807, 2.05) is 13.8 Å². The fourth-order valence-electron chi connectivity index (χ4n) is 2.61. The minimum Gasteiger partial charge on any atom is -0.486 e. The van der Waals surface area contributed by atoms with Gasteiger partial charge in [-0.25, -0.2) is 4.39 Å². The summed E-state index contributed by atoms with van der Waals surface area (Å²) in [5.41, 5.74) is -0.614. The van der Waals surface area contributed by atoms with Crippen LogP contribution in [0.25, 0.3) is 0 Å². The Balaban J connectivity index is 2.73. The summed E-state index contributed by atoms with van der Waals surface area (Å²) in [6.07, 6.45) is -1.21. The third-order valence-corrected chi connectivity index (χ3v) is 4.04. The van der Waals surface area contributed by atoms with Crippen molar-refractivity contribution in [2.45, 2.75) is 72.7 Å². The molecule has 0 aliphatic heterocycles. The highest BCUT2D eigenvalue weighted by molar-refractivity contribution is 6.30. The molecule has 0 saturated heterocycles. The van der Waals surface area contributed by atoms with E-state index in [0.29, 0.717) is 0 Å². The molecule has 3 atom stereocenters. The molecule has 0 bridgehead atoms. The zero-order chi connectivity index (χ0) is 21.6. The van der Waals surface area contributed by atoms with Crippen LogP contribution in [0.5, 0.6) is 5.75 Å². The first-order valence-electron chi connectivity index (χ1n) is 9.33. The molecule has 5 nitrogen and oxygen atoms in total. The Morgan fingerprint density at radius 2 is 1.71 bits per heavy atom. The van der Waals surface area contributed by atoms with E-state index < -0.39 is 41.5 Å². The number of hydrogen-bond donors (Lipinski definition) is 0. The molecule has 0 aromatic heterocycles. The summed E-state index contributed by atoms with van der Waals surface area (Å²) in [5, 5.41) is 0.216. The van der Waals surface area contributed by atoms with Crippen molar-refractivity contribution in [3.8, 4) is 5.75 Å². The minimum atomic E-state index is -0.659. The van der Waals surface area contributed by atoms with Crippen molar-refractivity contribution in [1.29, 1.82) is 0 Å². The fraction of sp³-hybridized carbons (Fsp3) is 0.619. The largest absolute Gasteiger partial charge is 0.486 e. The SMILES string of the molecule is CC(C)[C@@H](Oc1cc(F)cc(Cl)c1)[C@H](C)OC(=O)[C@H](C)CC(=O)OC(C)(C)C. The zero-order valence-electron chi connectivity index (χ0n) is 17.5. The van der Waals surface area contributed by atoms with Gasteiger partial charge in [0.2, 0.25) is 0 Å². The molecule has 0 unspecified atom stereocenters. The summed E-state index contributed by atoms with van der Waals surface area (Å²) in [6, 6.07) is 3.90. The van der Waals surface area contributed by atoms with Gasteiger partial charge in [-0.3, -0.25) is 9.59 Å². The highest BCUT2D eigenvalue weighted by Crippen LogP contribution is 2.25. The smallest absolute Gasteiger partial charge is 0.309 e. The van der Waals surface area contributed by atoms with Crippen molar-refractivity contribution in [2.75, 3.05) is 0 Å². The molecular weight excluding hydrogens is 387 g/mol. The van der Waals surface area contributed by atoms with Gasteiger partial charge in [0, 0.05) is 11.1 Å². The summed E-state index contributed by atoms with van der Waals surface area (Å²) in [7, 11) is 0. The number of benzene rings is 1. The quantitative estimate of drug-likeness (QED) is 0.546. The summed E-state index contributed by atoms with van der Waals surface area (Å²) in [4.78, 5) is 24.3. The van der Waals surface area contributed by atoms with Crippen molar-refractivity contribution in [1.82, 2.24) is 0 Å². The van der Waals surface area contributed by atoms with Crippen LogP contribution in [0.4, 0.5) is 4.39 Å². The zero-order valence-corrected chi connectivity index (χ0v) is 18.3. The molecular formula is C21H30ClFO5. The Labute approximate surface area is 171 Å². The van der Waals surface area contributed by atoms with Crippen molar-refractivity contribution in [2.24, 2.45) is 11.8 Å². The van der Waals surface area contributed by atoms with E-state index in [9.17, 15) is 14.0 Å². The maximum Gasteiger partial charge on any atom is 0.309 e. The standard InChI is InChI=1S/C21H30ClFO5/c1-12(2)19(27-17-10-15(22)9-16(23)11-17)14(4)26-20(25)13(3)8-18(24)28-21(5,6)7/h9-14,19H,8H2,1-7H3/t13-,14+,19-/m1/s1. The van der Waals surface area contributed by atoms with Crippen molar-refractivity contribution >= 4 is 23.5 Å². The summed E-state index contributed by atoms with van der Waals surface area (Å²) in [6.45, 7) is 12.4. The number of carbonyl (C=O) groups excluding carboxylic acids is 2. The lowest BCUT2D eigenvalue weighted by molar-refractivity contribution is -0.165.